The van der Waals surface area contributed by atoms with Gasteiger partial charge in [0.25, 0.3) is 0 Å². The second-order valence-corrected chi connectivity index (χ2v) is 7.01. The Bertz CT molecular complexity index is 602. The Morgan fingerprint density at radius 1 is 1.27 bits per heavy atom. The topological polar surface area (TPSA) is 66.0 Å². The molecule has 0 spiro atoms. The molecule has 0 saturated carbocycles. The molecule has 0 unspecified atom stereocenters. The average Bonchev–Trinajstić information content (AvgIpc) is 3.03. The summed E-state index contributed by atoms with van der Waals surface area (Å²) in [4.78, 5) is 35.4. The Balaban J connectivity index is 1.46. The Hall–Kier alpha value is -1.99. The van der Waals surface area contributed by atoms with Gasteiger partial charge in [0.15, 0.2) is 0 Å². The maximum Gasteiger partial charge on any atom is 0.228 e. The fourth-order valence-electron chi connectivity index (χ4n) is 3.66. The van der Waals surface area contributed by atoms with Gasteiger partial charge in [-0.05, 0) is 18.6 Å². The van der Waals surface area contributed by atoms with E-state index >= 15 is 0 Å². The number of rotatable bonds is 7. The largest absolute Gasteiger partial charge is 0.385 e. The number of amides is 2. The number of pyridine rings is 1. The summed E-state index contributed by atoms with van der Waals surface area (Å²) in [5.74, 6) is -0.0446. The molecule has 7 nitrogen and oxygen atoms in total. The molecule has 2 aliphatic rings. The molecule has 26 heavy (non-hydrogen) atoms. The molecule has 0 aliphatic carbocycles. The van der Waals surface area contributed by atoms with Gasteiger partial charge in [-0.2, -0.15) is 0 Å². The lowest BCUT2D eigenvalue weighted by molar-refractivity contribution is -0.137. The Morgan fingerprint density at radius 2 is 2.08 bits per heavy atom. The third kappa shape index (κ3) is 4.80. The van der Waals surface area contributed by atoms with Crippen molar-refractivity contribution >= 4 is 11.8 Å². The number of carbonyl (C=O) groups excluding carboxylic acids is 2. The Morgan fingerprint density at radius 3 is 2.77 bits per heavy atom. The van der Waals surface area contributed by atoms with E-state index in [1.165, 1.54) is 0 Å². The molecule has 0 bridgehead atoms. The molecule has 1 aromatic heterocycles. The zero-order chi connectivity index (χ0) is 18.4. The number of piperazine rings is 1. The van der Waals surface area contributed by atoms with E-state index in [1.54, 1.807) is 18.2 Å². The number of methoxy groups -OCH3 is 1. The zero-order valence-corrected chi connectivity index (χ0v) is 15.5. The van der Waals surface area contributed by atoms with Crippen LogP contribution in [-0.4, -0.2) is 84.5 Å². The van der Waals surface area contributed by atoms with Gasteiger partial charge in [-0.1, -0.05) is 6.07 Å². The summed E-state index contributed by atoms with van der Waals surface area (Å²) < 4.78 is 5.09. The predicted octanol–water partition coefficient (Wildman–Crippen LogP) is 0.611. The van der Waals surface area contributed by atoms with E-state index in [-0.39, 0.29) is 17.7 Å². The van der Waals surface area contributed by atoms with E-state index in [4.69, 9.17) is 4.74 Å². The van der Waals surface area contributed by atoms with Crippen molar-refractivity contribution in [3.05, 3.63) is 30.1 Å². The molecule has 2 amide bonds. The molecule has 3 heterocycles. The Kier molecular flexibility index (Phi) is 6.57. The van der Waals surface area contributed by atoms with E-state index in [9.17, 15) is 9.59 Å². The van der Waals surface area contributed by atoms with Crippen LogP contribution in [0.4, 0.5) is 0 Å². The van der Waals surface area contributed by atoms with Crippen LogP contribution in [0.1, 0.15) is 18.5 Å². The van der Waals surface area contributed by atoms with Gasteiger partial charge in [0.05, 0.1) is 18.2 Å². The van der Waals surface area contributed by atoms with Gasteiger partial charge in [-0.3, -0.25) is 19.5 Å². The molecule has 0 N–H and O–H groups in total. The fraction of sp³-hybridized carbons (Fsp3) is 0.632. The summed E-state index contributed by atoms with van der Waals surface area (Å²) in [5, 5.41) is 0. The molecular formula is C19H28N4O3. The van der Waals surface area contributed by atoms with Gasteiger partial charge >= 0.3 is 0 Å². The van der Waals surface area contributed by atoms with Gasteiger partial charge < -0.3 is 14.5 Å². The van der Waals surface area contributed by atoms with Crippen molar-refractivity contribution in [2.75, 3.05) is 53.0 Å². The number of carbonyl (C=O) groups is 2. The number of hydrogen-bond acceptors (Lipinski definition) is 5. The minimum absolute atomic E-state index is 0.0483. The molecule has 1 aromatic rings. The van der Waals surface area contributed by atoms with Gasteiger partial charge in [0.1, 0.15) is 0 Å². The molecule has 0 radical (unpaired) electrons. The number of hydrogen-bond donors (Lipinski definition) is 0. The highest BCUT2D eigenvalue weighted by Gasteiger charge is 2.37. The van der Waals surface area contributed by atoms with Crippen molar-refractivity contribution in [3.8, 4) is 0 Å². The quantitative estimate of drug-likeness (QED) is 0.667. The maximum absolute atomic E-state index is 12.8. The van der Waals surface area contributed by atoms with Crippen LogP contribution in [-0.2, 0) is 20.9 Å². The normalized spacial score (nSPS) is 21.4. The van der Waals surface area contributed by atoms with Crippen molar-refractivity contribution in [3.63, 3.8) is 0 Å². The van der Waals surface area contributed by atoms with Crippen molar-refractivity contribution in [1.29, 1.82) is 0 Å². The first kappa shape index (κ1) is 18.8. The molecule has 7 heteroatoms. The van der Waals surface area contributed by atoms with Crippen LogP contribution >= 0.6 is 0 Å². The number of ether oxygens (including phenoxy) is 1. The SMILES string of the molecule is COCCCN1CCN(C(=O)[C@H]2CC(=O)N(Cc3ccccn3)C2)CC1. The molecule has 2 fully saturated rings. The minimum atomic E-state index is -0.216. The fourth-order valence-corrected chi connectivity index (χ4v) is 3.66. The molecule has 0 aromatic carbocycles. The van der Waals surface area contributed by atoms with Crippen molar-refractivity contribution in [2.24, 2.45) is 5.92 Å². The second-order valence-electron chi connectivity index (χ2n) is 7.01. The van der Waals surface area contributed by atoms with Crippen LogP contribution in [0.2, 0.25) is 0 Å². The summed E-state index contributed by atoms with van der Waals surface area (Å²) in [6, 6.07) is 5.68. The van der Waals surface area contributed by atoms with E-state index in [0.29, 0.717) is 19.5 Å². The lowest BCUT2D eigenvalue weighted by Gasteiger charge is -2.35. The highest BCUT2D eigenvalue weighted by atomic mass is 16.5. The number of aromatic nitrogens is 1. The van der Waals surface area contributed by atoms with Gasteiger partial charge in [-0.15, -0.1) is 0 Å². The number of nitrogens with zero attached hydrogens (tertiary/aromatic N) is 4. The van der Waals surface area contributed by atoms with E-state index in [0.717, 1.165) is 51.4 Å². The Labute approximate surface area is 154 Å². The summed E-state index contributed by atoms with van der Waals surface area (Å²) >= 11 is 0. The third-order valence-corrected chi connectivity index (χ3v) is 5.15. The molecule has 2 aliphatic heterocycles. The predicted molar refractivity (Wildman–Crippen MR) is 97.3 cm³/mol. The molecule has 3 rings (SSSR count). The molecule has 142 valence electrons. The summed E-state index contributed by atoms with van der Waals surface area (Å²) in [7, 11) is 1.72. The highest BCUT2D eigenvalue weighted by molar-refractivity contribution is 5.89. The minimum Gasteiger partial charge on any atom is -0.385 e. The first-order valence-corrected chi connectivity index (χ1v) is 9.35. The van der Waals surface area contributed by atoms with Crippen LogP contribution < -0.4 is 0 Å². The number of likely N-dealkylation sites (tertiary alicyclic amines) is 1. The highest BCUT2D eigenvalue weighted by Crippen LogP contribution is 2.22. The van der Waals surface area contributed by atoms with Crippen LogP contribution in [0.15, 0.2) is 24.4 Å². The van der Waals surface area contributed by atoms with Crippen molar-refractivity contribution in [1.82, 2.24) is 19.7 Å². The van der Waals surface area contributed by atoms with E-state index in [2.05, 4.69) is 9.88 Å². The van der Waals surface area contributed by atoms with Crippen LogP contribution in [0, 0.1) is 5.92 Å². The summed E-state index contributed by atoms with van der Waals surface area (Å²) in [5.41, 5.74) is 0.860. The van der Waals surface area contributed by atoms with Crippen LogP contribution in [0.3, 0.4) is 0 Å². The van der Waals surface area contributed by atoms with E-state index < -0.39 is 0 Å². The average molecular weight is 360 g/mol. The monoisotopic (exact) mass is 360 g/mol. The van der Waals surface area contributed by atoms with Crippen LogP contribution in [0.25, 0.3) is 0 Å². The van der Waals surface area contributed by atoms with Crippen LogP contribution in [0.5, 0.6) is 0 Å². The third-order valence-electron chi connectivity index (χ3n) is 5.15. The first-order chi connectivity index (χ1) is 12.7. The lowest BCUT2D eigenvalue weighted by Crippen LogP contribution is -2.50. The first-order valence-electron chi connectivity index (χ1n) is 9.35. The standard InChI is InChI=1S/C19H28N4O3/c1-26-12-4-7-21-8-10-22(11-9-21)19(25)16-13-18(24)23(14-16)15-17-5-2-3-6-20-17/h2-3,5-6,16H,4,7-15H2,1H3/t16-/m0/s1. The summed E-state index contributed by atoms with van der Waals surface area (Å²) in [6.45, 7) is 6.05. The van der Waals surface area contributed by atoms with Crippen molar-refractivity contribution < 1.29 is 14.3 Å². The smallest absolute Gasteiger partial charge is 0.228 e. The van der Waals surface area contributed by atoms with Gasteiger partial charge in [-0.25, -0.2) is 0 Å². The summed E-state index contributed by atoms with van der Waals surface area (Å²) in [6.07, 6.45) is 3.06. The van der Waals surface area contributed by atoms with Gasteiger partial charge in [0, 0.05) is 65.6 Å². The molecule has 1 atom stereocenters. The van der Waals surface area contributed by atoms with E-state index in [1.807, 2.05) is 23.1 Å². The molecule has 2 saturated heterocycles. The zero-order valence-electron chi connectivity index (χ0n) is 15.5. The molecular weight excluding hydrogens is 332 g/mol. The van der Waals surface area contributed by atoms with Crippen molar-refractivity contribution in [2.45, 2.75) is 19.4 Å². The lowest BCUT2D eigenvalue weighted by atomic mass is 10.1. The maximum atomic E-state index is 12.8. The second kappa shape index (κ2) is 9.09. The van der Waals surface area contributed by atoms with Gasteiger partial charge in [0.2, 0.25) is 11.8 Å².